The van der Waals surface area contributed by atoms with Crippen molar-refractivity contribution in [1.82, 2.24) is 19.9 Å². The third-order valence-corrected chi connectivity index (χ3v) is 3.02. The maximum Gasteiger partial charge on any atom is 0.244 e. The molecule has 0 radical (unpaired) electrons. The van der Waals surface area contributed by atoms with Crippen LogP contribution in [0.3, 0.4) is 0 Å². The van der Waals surface area contributed by atoms with Crippen molar-refractivity contribution in [3.8, 4) is 11.4 Å². The minimum atomic E-state index is -0.310. The Labute approximate surface area is 116 Å². The lowest BCUT2D eigenvalue weighted by molar-refractivity contribution is 0.354. The molecule has 0 aliphatic carbocycles. The Kier molecular flexibility index (Phi) is 3.30. The molecule has 1 unspecified atom stereocenters. The normalized spacial score (nSPS) is 12.5. The molecule has 0 saturated carbocycles. The van der Waals surface area contributed by atoms with Gasteiger partial charge in [-0.15, -0.1) is 0 Å². The molecule has 20 heavy (non-hydrogen) atoms. The van der Waals surface area contributed by atoms with Gasteiger partial charge in [-0.25, -0.2) is 0 Å². The van der Waals surface area contributed by atoms with E-state index in [1.165, 1.54) is 0 Å². The van der Waals surface area contributed by atoms with Crippen LogP contribution in [0.15, 0.2) is 47.2 Å². The van der Waals surface area contributed by atoms with E-state index in [2.05, 4.69) is 15.2 Å². The molecule has 6 heteroatoms. The summed E-state index contributed by atoms with van der Waals surface area (Å²) in [6.45, 7) is 0. The van der Waals surface area contributed by atoms with Crippen molar-refractivity contribution >= 4 is 0 Å². The monoisotopic (exact) mass is 269 g/mol. The summed E-state index contributed by atoms with van der Waals surface area (Å²) in [6, 6.07) is 9.68. The van der Waals surface area contributed by atoms with Gasteiger partial charge in [0.2, 0.25) is 11.7 Å². The van der Waals surface area contributed by atoms with E-state index in [-0.39, 0.29) is 6.04 Å². The van der Waals surface area contributed by atoms with E-state index in [0.717, 1.165) is 11.1 Å². The SMILES string of the molecule is Cn1cc(-c2noc(C(N)Cc3ccccc3)n2)cn1. The average molecular weight is 269 g/mol. The standard InChI is InChI=1S/C14H15N5O/c1-19-9-11(8-16-19)13-17-14(20-18-13)12(15)7-10-5-3-2-4-6-10/h2-6,8-9,12H,7,15H2,1H3. The fourth-order valence-corrected chi connectivity index (χ4v) is 2.00. The lowest BCUT2D eigenvalue weighted by atomic mass is 10.1. The van der Waals surface area contributed by atoms with Gasteiger partial charge in [-0.3, -0.25) is 4.68 Å². The van der Waals surface area contributed by atoms with Gasteiger partial charge in [-0.2, -0.15) is 10.1 Å². The molecule has 0 spiro atoms. The van der Waals surface area contributed by atoms with Gasteiger partial charge in [0.25, 0.3) is 0 Å². The Hall–Kier alpha value is -2.47. The van der Waals surface area contributed by atoms with Gasteiger partial charge in [0.05, 0.1) is 17.8 Å². The highest BCUT2D eigenvalue weighted by Gasteiger charge is 2.16. The molecule has 0 fully saturated rings. The summed E-state index contributed by atoms with van der Waals surface area (Å²) in [5, 5.41) is 8.02. The van der Waals surface area contributed by atoms with Crippen LogP contribution < -0.4 is 5.73 Å². The van der Waals surface area contributed by atoms with Crippen LogP contribution in [0.1, 0.15) is 17.5 Å². The van der Waals surface area contributed by atoms with E-state index >= 15 is 0 Å². The lowest BCUT2D eigenvalue weighted by Gasteiger charge is -2.05. The summed E-state index contributed by atoms with van der Waals surface area (Å²) in [5.74, 6) is 0.948. The number of aryl methyl sites for hydroxylation is 1. The Morgan fingerprint density at radius 1 is 1.30 bits per heavy atom. The second-order valence-corrected chi connectivity index (χ2v) is 4.66. The second kappa shape index (κ2) is 5.26. The van der Waals surface area contributed by atoms with Crippen molar-refractivity contribution in [2.24, 2.45) is 12.8 Å². The molecule has 0 aliphatic rings. The molecule has 0 amide bonds. The quantitative estimate of drug-likeness (QED) is 0.779. The van der Waals surface area contributed by atoms with Crippen LogP contribution >= 0.6 is 0 Å². The maximum atomic E-state index is 6.11. The average Bonchev–Trinajstić information content (AvgIpc) is 3.08. The largest absolute Gasteiger partial charge is 0.337 e. The molecule has 0 saturated heterocycles. The Balaban J connectivity index is 1.76. The summed E-state index contributed by atoms with van der Waals surface area (Å²) in [4.78, 5) is 4.33. The number of benzene rings is 1. The molecule has 2 N–H and O–H groups in total. The van der Waals surface area contributed by atoms with Crippen LogP contribution in [0.2, 0.25) is 0 Å². The molecule has 1 atom stereocenters. The summed E-state index contributed by atoms with van der Waals surface area (Å²) in [5.41, 5.74) is 8.06. The molecule has 3 rings (SSSR count). The zero-order chi connectivity index (χ0) is 13.9. The van der Waals surface area contributed by atoms with Gasteiger partial charge < -0.3 is 10.3 Å². The van der Waals surface area contributed by atoms with E-state index in [9.17, 15) is 0 Å². The van der Waals surface area contributed by atoms with Crippen molar-refractivity contribution in [2.75, 3.05) is 0 Å². The summed E-state index contributed by atoms with van der Waals surface area (Å²) in [7, 11) is 1.84. The zero-order valence-electron chi connectivity index (χ0n) is 11.1. The minimum Gasteiger partial charge on any atom is -0.337 e. The molecule has 1 aromatic carbocycles. The highest BCUT2D eigenvalue weighted by molar-refractivity contribution is 5.51. The molecule has 102 valence electrons. The van der Waals surface area contributed by atoms with E-state index in [0.29, 0.717) is 18.1 Å². The first-order valence-corrected chi connectivity index (χ1v) is 6.34. The summed E-state index contributed by atoms with van der Waals surface area (Å²) < 4.78 is 6.93. The first-order valence-electron chi connectivity index (χ1n) is 6.34. The van der Waals surface area contributed by atoms with Crippen molar-refractivity contribution in [3.63, 3.8) is 0 Å². The number of nitrogens with zero attached hydrogens (tertiary/aromatic N) is 4. The van der Waals surface area contributed by atoms with E-state index in [1.54, 1.807) is 10.9 Å². The molecular formula is C14H15N5O. The third-order valence-electron chi connectivity index (χ3n) is 3.02. The minimum absolute atomic E-state index is 0.310. The van der Waals surface area contributed by atoms with Crippen LogP contribution in [0.5, 0.6) is 0 Å². The molecule has 3 aromatic rings. The fourth-order valence-electron chi connectivity index (χ4n) is 2.00. The highest BCUT2D eigenvalue weighted by atomic mass is 16.5. The summed E-state index contributed by atoms with van der Waals surface area (Å²) >= 11 is 0. The number of hydrogen-bond acceptors (Lipinski definition) is 5. The molecular weight excluding hydrogens is 254 g/mol. The predicted molar refractivity (Wildman–Crippen MR) is 73.6 cm³/mol. The number of hydrogen-bond donors (Lipinski definition) is 1. The van der Waals surface area contributed by atoms with Crippen LogP contribution in [0.25, 0.3) is 11.4 Å². The summed E-state index contributed by atoms with van der Waals surface area (Å²) in [6.07, 6.45) is 4.18. The topological polar surface area (TPSA) is 82.8 Å². The Bertz CT molecular complexity index is 688. The van der Waals surface area contributed by atoms with Gasteiger partial charge in [-0.05, 0) is 12.0 Å². The van der Waals surface area contributed by atoms with Crippen molar-refractivity contribution in [1.29, 1.82) is 0 Å². The maximum absolute atomic E-state index is 6.11. The predicted octanol–water partition coefficient (Wildman–Crippen LogP) is 1.71. The number of rotatable bonds is 4. The van der Waals surface area contributed by atoms with Gasteiger partial charge in [-0.1, -0.05) is 35.5 Å². The molecule has 0 aliphatic heterocycles. The van der Waals surface area contributed by atoms with Crippen molar-refractivity contribution in [2.45, 2.75) is 12.5 Å². The van der Waals surface area contributed by atoms with Crippen LogP contribution in [0, 0.1) is 0 Å². The fraction of sp³-hybridized carbons (Fsp3) is 0.214. The zero-order valence-corrected chi connectivity index (χ0v) is 11.1. The molecule has 6 nitrogen and oxygen atoms in total. The van der Waals surface area contributed by atoms with E-state index in [4.69, 9.17) is 10.3 Å². The number of nitrogens with two attached hydrogens (primary N) is 1. The van der Waals surface area contributed by atoms with Crippen molar-refractivity contribution in [3.05, 3.63) is 54.2 Å². The smallest absolute Gasteiger partial charge is 0.244 e. The molecule has 2 aromatic heterocycles. The Morgan fingerprint density at radius 2 is 2.10 bits per heavy atom. The first kappa shape index (κ1) is 12.6. The third kappa shape index (κ3) is 2.60. The molecule has 0 bridgehead atoms. The van der Waals surface area contributed by atoms with Crippen LogP contribution in [0.4, 0.5) is 0 Å². The van der Waals surface area contributed by atoms with Crippen molar-refractivity contribution < 1.29 is 4.52 Å². The van der Waals surface area contributed by atoms with Gasteiger partial charge in [0.1, 0.15) is 0 Å². The second-order valence-electron chi connectivity index (χ2n) is 4.66. The lowest BCUT2D eigenvalue weighted by Crippen LogP contribution is -2.13. The van der Waals surface area contributed by atoms with Gasteiger partial charge >= 0.3 is 0 Å². The van der Waals surface area contributed by atoms with Crippen LogP contribution in [-0.2, 0) is 13.5 Å². The molecule has 2 heterocycles. The Morgan fingerprint density at radius 3 is 2.80 bits per heavy atom. The highest BCUT2D eigenvalue weighted by Crippen LogP contribution is 2.19. The first-order chi connectivity index (χ1) is 9.72. The number of aromatic nitrogens is 4. The van der Waals surface area contributed by atoms with E-state index < -0.39 is 0 Å². The van der Waals surface area contributed by atoms with Gasteiger partial charge in [0, 0.05) is 13.2 Å². The van der Waals surface area contributed by atoms with Gasteiger partial charge in [0.15, 0.2) is 0 Å². The van der Waals surface area contributed by atoms with Crippen LogP contribution in [-0.4, -0.2) is 19.9 Å². The van der Waals surface area contributed by atoms with E-state index in [1.807, 2.05) is 43.6 Å².